The van der Waals surface area contributed by atoms with Gasteiger partial charge in [0.1, 0.15) is 12.6 Å². The Kier molecular flexibility index (Phi) is 7.37. The first kappa shape index (κ1) is 27.4. The summed E-state index contributed by atoms with van der Waals surface area (Å²) >= 11 is 0. The van der Waals surface area contributed by atoms with Crippen LogP contribution in [0.2, 0.25) is 0 Å². The van der Waals surface area contributed by atoms with Gasteiger partial charge in [-0.1, -0.05) is 60.7 Å². The Morgan fingerprint density at radius 3 is 2.40 bits per heavy atom. The number of nitrogens with one attached hydrogen (secondary N) is 1. The highest BCUT2D eigenvalue weighted by Crippen LogP contribution is 2.50. The third-order valence-corrected chi connectivity index (χ3v) is 7.18. The average Bonchev–Trinajstić information content (AvgIpc) is 3.42. The molecule has 2 amide bonds. The normalized spacial score (nSPS) is 20.5. The van der Waals surface area contributed by atoms with Gasteiger partial charge in [0.2, 0.25) is 5.91 Å². The number of carbonyl (C=O) groups excluding carboxylic acids is 3. The summed E-state index contributed by atoms with van der Waals surface area (Å²) in [5.41, 5.74) is -0.920. The van der Waals surface area contributed by atoms with Crippen LogP contribution in [0.25, 0.3) is 11.1 Å². The van der Waals surface area contributed by atoms with Crippen molar-refractivity contribution in [2.45, 2.75) is 30.7 Å². The molecular formula is C30H27F3N2O5. The number of likely N-dealkylation sites (tertiary alicyclic amines) is 1. The van der Waals surface area contributed by atoms with Crippen molar-refractivity contribution in [2.75, 3.05) is 26.8 Å². The van der Waals surface area contributed by atoms with E-state index in [2.05, 4.69) is 5.32 Å². The molecule has 0 radical (unpaired) electrons. The molecule has 7 nitrogen and oxygen atoms in total. The van der Waals surface area contributed by atoms with Crippen LogP contribution < -0.4 is 5.32 Å². The van der Waals surface area contributed by atoms with E-state index in [0.29, 0.717) is 5.56 Å². The maximum absolute atomic E-state index is 15.4. The lowest BCUT2D eigenvalue weighted by atomic mass is 10.0. The van der Waals surface area contributed by atoms with E-state index in [1.54, 1.807) is 36.4 Å². The van der Waals surface area contributed by atoms with Gasteiger partial charge >= 0.3 is 5.97 Å². The van der Waals surface area contributed by atoms with Gasteiger partial charge in [-0.25, -0.2) is 9.18 Å². The van der Waals surface area contributed by atoms with Gasteiger partial charge in [-0.2, -0.15) is 8.78 Å². The van der Waals surface area contributed by atoms with Crippen molar-refractivity contribution in [3.63, 3.8) is 0 Å². The predicted octanol–water partition coefficient (Wildman–Crippen LogP) is 4.24. The molecule has 40 heavy (non-hydrogen) atoms. The van der Waals surface area contributed by atoms with E-state index >= 15 is 4.39 Å². The maximum Gasteiger partial charge on any atom is 0.329 e. The minimum absolute atomic E-state index is 0.0427. The molecule has 0 saturated carbocycles. The van der Waals surface area contributed by atoms with Crippen LogP contribution in [0.3, 0.4) is 0 Å². The summed E-state index contributed by atoms with van der Waals surface area (Å²) in [4.78, 5) is 39.9. The lowest BCUT2D eigenvalue weighted by Gasteiger charge is -2.23. The van der Waals surface area contributed by atoms with E-state index in [1.807, 2.05) is 6.07 Å². The Balaban J connectivity index is 1.27. The molecule has 1 heterocycles. The van der Waals surface area contributed by atoms with Crippen LogP contribution in [-0.4, -0.2) is 61.2 Å². The van der Waals surface area contributed by atoms with Gasteiger partial charge in [0.25, 0.3) is 11.8 Å². The lowest BCUT2D eigenvalue weighted by Crippen LogP contribution is -2.46. The molecule has 0 spiro atoms. The van der Waals surface area contributed by atoms with E-state index in [-0.39, 0.29) is 41.9 Å². The van der Waals surface area contributed by atoms with E-state index in [9.17, 15) is 23.2 Å². The lowest BCUT2D eigenvalue weighted by molar-refractivity contribution is -0.154. The Hall–Kier alpha value is -4.18. The predicted molar refractivity (Wildman–Crippen MR) is 139 cm³/mol. The van der Waals surface area contributed by atoms with Gasteiger partial charge in [-0.05, 0) is 28.8 Å². The van der Waals surface area contributed by atoms with Crippen LogP contribution >= 0.6 is 0 Å². The van der Waals surface area contributed by atoms with Crippen LogP contribution in [0.1, 0.15) is 33.5 Å². The number of alkyl halides is 3. The Bertz CT molecular complexity index is 1450. The van der Waals surface area contributed by atoms with Crippen LogP contribution in [0.15, 0.2) is 72.8 Å². The Morgan fingerprint density at radius 2 is 1.65 bits per heavy atom. The van der Waals surface area contributed by atoms with Crippen LogP contribution in [-0.2, 0) is 31.6 Å². The van der Waals surface area contributed by atoms with Crippen LogP contribution in [0.5, 0.6) is 0 Å². The molecule has 1 N–H and O–H groups in total. The fourth-order valence-corrected chi connectivity index (χ4v) is 5.28. The first-order valence-corrected chi connectivity index (χ1v) is 12.7. The molecule has 2 atom stereocenters. The topological polar surface area (TPSA) is 84.9 Å². The number of fused-ring (bicyclic) bond motifs is 3. The quantitative estimate of drug-likeness (QED) is 0.423. The van der Waals surface area contributed by atoms with Crippen molar-refractivity contribution in [3.8, 4) is 11.1 Å². The van der Waals surface area contributed by atoms with E-state index in [0.717, 1.165) is 10.5 Å². The number of rotatable bonds is 8. The maximum atomic E-state index is 15.4. The van der Waals surface area contributed by atoms with E-state index in [1.165, 1.54) is 37.4 Å². The number of benzene rings is 3. The smallest absolute Gasteiger partial charge is 0.329 e. The van der Waals surface area contributed by atoms with Crippen molar-refractivity contribution in [3.05, 3.63) is 95.1 Å². The third-order valence-electron chi connectivity index (χ3n) is 7.18. The minimum Gasteiger partial charge on any atom is -0.459 e. The summed E-state index contributed by atoms with van der Waals surface area (Å²) in [5.74, 6) is -5.31. The molecule has 0 bridgehead atoms. The number of ether oxygens (including phenoxy) is 2. The first-order valence-electron chi connectivity index (χ1n) is 12.7. The summed E-state index contributed by atoms with van der Waals surface area (Å²) in [6.45, 7) is -1.31. The zero-order valence-electron chi connectivity index (χ0n) is 21.7. The van der Waals surface area contributed by atoms with Crippen molar-refractivity contribution in [1.29, 1.82) is 0 Å². The summed E-state index contributed by atoms with van der Waals surface area (Å²) in [7, 11) is 1.32. The molecule has 0 unspecified atom stereocenters. The van der Waals surface area contributed by atoms with Crippen LogP contribution in [0.4, 0.5) is 13.2 Å². The summed E-state index contributed by atoms with van der Waals surface area (Å²) in [5, 5.41) is 2.46. The van der Waals surface area contributed by atoms with E-state index < -0.39 is 48.5 Å². The first-order chi connectivity index (χ1) is 19.1. The Morgan fingerprint density at radius 1 is 0.950 bits per heavy atom. The number of amides is 2. The highest BCUT2D eigenvalue weighted by Gasteiger charge is 2.50. The van der Waals surface area contributed by atoms with Crippen LogP contribution in [0, 0.1) is 0 Å². The van der Waals surface area contributed by atoms with Gasteiger partial charge in [0.05, 0.1) is 19.7 Å². The third kappa shape index (κ3) is 5.19. The monoisotopic (exact) mass is 552 g/mol. The number of nitrogens with zero attached hydrogens (tertiary/aromatic N) is 1. The van der Waals surface area contributed by atoms with Crippen molar-refractivity contribution >= 4 is 17.8 Å². The fourth-order valence-electron chi connectivity index (χ4n) is 5.28. The second kappa shape index (κ2) is 10.8. The van der Waals surface area contributed by atoms with Crippen molar-refractivity contribution in [1.82, 2.24) is 10.2 Å². The summed E-state index contributed by atoms with van der Waals surface area (Å²) in [6.07, 6.45) is -0.313. The van der Waals surface area contributed by atoms with Gasteiger partial charge in [0.15, 0.2) is 5.67 Å². The molecule has 1 aliphatic carbocycles. The number of halogens is 3. The number of hydrogen-bond acceptors (Lipinski definition) is 5. The van der Waals surface area contributed by atoms with Crippen molar-refractivity contribution in [2.24, 2.45) is 0 Å². The molecule has 1 fully saturated rings. The average molecular weight is 553 g/mol. The Labute approximate surface area is 228 Å². The van der Waals surface area contributed by atoms with Crippen molar-refractivity contribution < 1.29 is 37.0 Å². The largest absolute Gasteiger partial charge is 0.459 e. The molecule has 1 saturated heterocycles. The molecule has 10 heteroatoms. The summed E-state index contributed by atoms with van der Waals surface area (Å²) < 4.78 is 55.4. The molecule has 1 aliphatic heterocycles. The SMILES string of the molecule is COC[C@@]1(F)C[C@@H](C(=O)OCc2ccccc2)N(C(=O)CNC(=O)c2ccc3c(c2)-c2ccccc2C3(F)F)C1. The molecule has 3 aromatic rings. The van der Waals surface area contributed by atoms with Gasteiger partial charge in [-0.15, -0.1) is 0 Å². The molecule has 0 aromatic heterocycles. The summed E-state index contributed by atoms with van der Waals surface area (Å²) in [6, 6.07) is 17.6. The second-order valence-electron chi connectivity index (χ2n) is 9.98. The van der Waals surface area contributed by atoms with Gasteiger partial charge < -0.3 is 19.7 Å². The fraction of sp³-hybridized carbons (Fsp3) is 0.300. The number of carbonyl (C=O) groups is 3. The second-order valence-corrected chi connectivity index (χ2v) is 9.98. The number of methoxy groups -OCH3 is 1. The highest BCUT2D eigenvalue weighted by atomic mass is 19.3. The van der Waals surface area contributed by atoms with Gasteiger partial charge in [-0.3, -0.25) is 9.59 Å². The zero-order chi connectivity index (χ0) is 28.5. The molecular weight excluding hydrogens is 525 g/mol. The van der Waals surface area contributed by atoms with Gasteiger partial charge in [0, 0.05) is 30.2 Å². The number of hydrogen-bond donors (Lipinski definition) is 1. The molecule has 5 rings (SSSR count). The molecule has 3 aromatic carbocycles. The molecule has 2 aliphatic rings. The number of esters is 1. The standard InChI is InChI=1S/C30H27F3N2O5/c1-39-18-29(31)14-25(28(38)40-16-19-7-3-2-4-8-19)35(17-29)26(36)15-34-27(37)20-11-12-24-22(13-20)21-9-5-6-10-23(21)30(24,32)33/h2-13,25H,14-18H2,1H3,(H,34,37)/t25-,29+/m0/s1. The molecule has 208 valence electrons. The zero-order valence-corrected chi connectivity index (χ0v) is 21.7. The minimum atomic E-state index is -3.18. The van der Waals surface area contributed by atoms with E-state index in [4.69, 9.17) is 9.47 Å². The highest BCUT2D eigenvalue weighted by molar-refractivity contribution is 5.99.